The van der Waals surface area contributed by atoms with Crippen LogP contribution in [0.5, 0.6) is 0 Å². The number of carboxylic acids is 3. The summed E-state index contributed by atoms with van der Waals surface area (Å²) in [5.74, 6) is -8.52. The molecule has 0 atom stereocenters. The third kappa shape index (κ3) is 12.8. The summed E-state index contributed by atoms with van der Waals surface area (Å²) in [7, 11) is 0. The molecule has 0 fully saturated rings. The molecule has 1 amide bonds. The number of aryl methyl sites for hydroxylation is 2. The number of pyridine rings is 1. The Hall–Kier alpha value is -4.47. The number of thiophene rings is 1. The molecule has 44 heavy (non-hydrogen) atoms. The Morgan fingerprint density at radius 2 is 1.34 bits per heavy atom. The lowest BCUT2D eigenvalue weighted by Crippen LogP contribution is -2.23. The van der Waals surface area contributed by atoms with Gasteiger partial charge in [0.05, 0.1) is 28.6 Å². The third-order valence-corrected chi connectivity index (χ3v) is 5.88. The monoisotopic (exact) mass is 689 g/mol. The maximum absolute atomic E-state index is 12.4. The lowest BCUT2D eigenvalue weighted by atomic mass is 10.1. The molecule has 0 unspecified atom stereocenters. The van der Waals surface area contributed by atoms with Crippen LogP contribution in [0.25, 0.3) is 10.2 Å². The Labute approximate surface area is 247 Å². The summed E-state index contributed by atoms with van der Waals surface area (Å²) in [5.41, 5.74) is 8.86. The molecule has 0 spiro atoms. The summed E-state index contributed by atoms with van der Waals surface area (Å²) >= 11 is 7.50. The number of hydrogen-bond donors (Lipinski definition) is 5. The fourth-order valence-electron chi connectivity index (χ4n) is 2.30. The predicted octanol–water partition coefficient (Wildman–Crippen LogP) is 4.77. The number of anilines is 1. The van der Waals surface area contributed by atoms with Gasteiger partial charge in [-0.3, -0.25) is 4.79 Å². The topological polar surface area (TPSA) is 206 Å². The van der Waals surface area contributed by atoms with E-state index in [-0.39, 0.29) is 5.91 Å². The fourth-order valence-corrected chi connectivity index (χ4v) is 3.55. The number of nitrogen functional groups attached to an aromatic ring is 1. The average molecular weight is 690 g/mol. The SMILES string of the molecule is Cc1nc2sc(C(=O)NCc3ccncn3)c(N)c2c(C)c1Cl.O=C(O)C(F)(F)F.O=C(O)C(F)(F)F.O=C(O)C(F)(F)F. The molecule has 0 radical (unpaired) electrons. The van der Waals surface area contributed by atoms with Crippen LogP contribution in [0.4, 0.5) is 45.2 Å². The molecule has 0 aliphatic rings. The molecule has 0 saturated carbocycles. The Kier molecular flexibility index (Phi) is 14.2. The number of fused-ring (bicyclic) bond motifs is 1. The van der Waals surface area contributed by atoms with Crippen LogP contribution in [-0.2, 0) is 20.9 Å². The molecular formula is C21H17ClF9N5O7S. The minimum atomic E-state index is -5.08. The zero-order valence-electron chi connectivity index (χ0n) is 21.5. The van der Waals surface area contributed by atoms with Crippen molar-refractivity contribution < 1.29 is 74.0 Å². The quantitative estimate of drug-likeness (QED) is 0.237. The van der Waals surface area contributed by atoms with Gasteiger partial charge in [0.15, 0.2) is 0 Å². The zero-order chi connectivity index (χ0) is 34.8. The van der Waals surface area contributed by atoms with Crippen LogP contribution in [0, 0.1) is 13.8 Å². The Balaban J connectivity index is 0.000000721. The van der Waals surface area contributed by atoms with Gasteiger partial charge in [0.2, 0.25) is 0 Å². The molecule has 0 bridgehead atoms. The van der Waals surface area contributed by atoms with E-state index in [0.29, 0.717) is 27.0 Å². The second-order valence-electron chi connectivity index (χ2n) is 7.45. The summed E-state index contributed by atoms with van der Waals surface area (Å²) in [4.78, 5) is 52.6. The summed E-state index contributed by atoms with van der Waals surface area (Å²) in [6, 6.07) is 1.74. The van der Waals surface area contributed by atoms with Gasteiger partial charge in [0.1, 0.15) is 16.0 Å². The highest BCUT2D eigenvalue weighted by Crippen LogP contribution is 2.38. The van der Waals surface area contributed by atoms with Crippen LogP contribution in [0.3, 0.4) is 0 Å². The summed E-state index contributed by atoms with van der Waals surface area (Å²) < 4.78 is 95.2. The number of carbonyl (C=O) groups excluding carboxylic acids is 1. The number of aliphatic carboxylic acids is 3. The lowest BCUT2D eigenvalue weighted by Gasteiger charge is -2.05. The molecular weight excluding hydrogens is 673 g/mol. The number of rotatable bonds is 3. The molecule has 6 N–H and O–H groups in total. The van der Waals surface area contributed by atoms with E-state index in [4.69, 9.17) is 47.0 Å². The van der Waals surface area contributed by atoms with Crippen LogP contribution >= 0.6 is 22.9 Å². The largest absolute Gasteiger partial charge is 0.490 e. The van der Waals surface area contributed by atoms with E-state index < -0.39 is 36.4 Å². The lowest BCUT2D eigenvalue weighted by molar-refractivity contribution is -0.193. The number of carboxylic acid groups (broad SMARTS) is 3. The zero-order valence-corrected chi connectivity index (χ0v) is 23.1. The second kappa shape index (κ2) is 15.8. The van der Waals surface area contributed by atoms with E-state index in [0.717, 1.165) is 22.3 Å². The Bertz CT molecular complexity index is 1420. The molecule has 3 rings (SSSR count). The van der Waals surface area contributed by atoms with E-state index in [2.05, 4.69) is 20.3 Å². The molecule has 3 aromatic rings. The first-order valence-corrected chi connectivity index (χ1v) is 11.8. The molecule has 0 aliphatic heterocycles. The van der Waals surface area contributed by atoms with Gasteiger partial charge in [0.25, 0.3) is 5.91 Å². The normalized spacial score (nSPS) is 11.1. The van der Waals surface area contributed by atoms with Crippen molar-refractivity contribution in [2.24, 2.45) is 0 Å². The van der Waals surface area contributed by atoms with Gasteiger partial charge in [0, 0.05) is 11.6 Å². The first kappa shape index (κ1) is 39.5. The van der Waals surface area contributed by atoms with Gasteiger partial charge < -0.3 is 26.4 Å². The number of halogens is 10. The predicted molar refractivity (Wildman–Crippen MR) is 133 cm³/mol. The van der Waals surface area contributed by atoms with Crippen LogP contribution < -0.4 is 11.1 Å². The summed E-state index contributed by atoms with van der Waals surface area (Å²) in [6.45, 7) is 4.02. The molecule has 0 aromatic carbocycles. The highest BCUT2D eigenvalue weighted by molar-refractivity contribution is 7.21. The third-order valence-electron chi connectivity index (χ3n) is 4.22. The van der Waals surface area contributed by atoms with Gasteiger partial charge in [-0.05, 0) is 25.5 Å². The molecule has 12 nitrogen and oxygen atoms in total. The highest BCUT2D eigenvalue weighted by Gasteiger charge is 2.39. The van der Waals surface area contributed by atoms with E-state index in [1.807, 2.05) is 13.8 Å². The van der Waals surface area contributed by atoms with Crippen LogP contribution in [0.2, 0.25) is 5.02 Å². The molecule has 23 heteroatoms. The van der Waals surface area contributed by atoms with E-state index >= 15 is 0 Å². The molecule has 244 valence electrons. The van der Waals surface area contributed by atoms with E-state index in [1.165, 1.54) is 17.7 Å². The maximum atomic E-state index is 12.4. The van der Waals surface area contributed by atoms with Gasteiger partial charge in [-0.2, -0.15) is 39.5 Å². The Morgan fingerprint density at radius 3 is 1.70 bits per heavy atom. The number of alkyl halides is 9. The number of aromatic nitrogens is 3. The average Bonchev–Trinajstić information content (AvgIpc) is 3.21. The first-order valence-electron chi connectivity index (χ1n) is 10.6. The van der Waals surface area contributed by atoms with E-state index in [1.54, 1.807) is 12.3 Å². The minimum Gasteiger partial charge on any atom is -0.475 e. The van der Waals surface area contributed by atoms with Gasteiger partial charge in [-0.25, -0.2) is 29.3 Å². The molecule has 0 aliphatic carbocycles. The van der Waals surface area contributed by atoms with Crippen molar-refractivity contribution in [3.8, 4) is 0 Å². The van der Waals surface area contributed by atoms with Crippen molar-refractivity contribution in [3.05, 3.63) is 45.4 Å². The highest BCUT2D eigenvalue weighted by atomic mass is 35.5. The number of carbonyl (C=O) groups is 4. The number of amides is 1. The second-order valence-corrected chi connectivity index (χ2v) is 8.83. The van der Waals surface area contributed by atoms with Crippen molar-refractivity contribution in [2.45, 2.75) is 38.9 Å². The number of nitrogens with two attached hydrogens (primary N) is 1. The van der Waals surface area contributed by atoms with Gasteiger partial charge in [-0.15, -0.1) is 11.3 Å². The number of nitrogens with zero attached hydrogens (tertiary/aromatic N) is 3. The van der Waals surface area contributed by atoms with Crippen molar-refractivity contribution in [1.29, 1.82) is 0 Å². The smallest absolute Gasteiger partial charge is 0.475 e. The van der Waals surface area contributed by atoms with Crippen molar-refractivity contribution in [3.63, 3.8) is 0 Å². The van der Waals surface area contributed by atoms with Crippen LogP contribution in [0.15, 0.2) is 18.6 Å². The Morgan fingerprint density at radius 1 is 0.909 bits per heavy atom. The molecule has 3 aromatic heterocycles. The van der Waals surface area contributed by atoms with Crippen LogP contribution in [-0.4, -0.2) is 72.6 Å². The number of hydrogen-bond acceptors (Lipinski definition) is 9. The van der Waals surface area contributed by atoms with E-state index in [9.17, 15) is 44.3 Å². The van der Waals surface area contributed by atoms with Crippen molar-refractivity contribution in [1.82, 2.24) is 20.3 Å². The molecule has 3 heterocycles. The summed E-state index contributed by atoms with van der Waals surface area (Å²) in [6.07, 6.45) is -12.2. The minimum absolute atomic E-state index is 0.253. The van der Waals surface area contributed by atoms with Gasteiger partial charge >= 0.3 is 36.4 Å². The number of nitrogens with one attached hydrogen (secondary N) is 1. The first-order chi connectivity index (χ1) is 19.8. The van der Waals surface area contributed by atoms with Crippen molar-refractivity contribution >= 4 is 62.7 Å². The maximum Gasteiger partial charge on any atom is 0.490 e. The van der Waals surface area contributed by atoms with Crippen molar-refractivity contribution in [2.75, 3.05) is 5.73 Å². The van der Waals surface area contributed by atoms with Gasteiger partial charge in [-0.1, -0.05) is 11.6 Å². The fraction of sp³-hybridized carbons (Fsp3) is 0.286. The standard InChI is InChI=1S/C15H14ClN5OS.3C2HF3O2/c1-7-10-12(17)13(23-15(10)21-8(2)11(7)16)14(22)19-5-9-3-4-18-6-20-9;3*3-2(4,5)1(6)7/h3-4,6H,5,17H2,1-2H3,(H,19,22);3*(H,6,7). The molecule has 0 saturated heterocycles. The van der Waals surface area contributed by atoms with Crippen LogP contribution in [0.1, 0.15) is 26.6 Å². The summed E-state index contributed by atoms with van der Waals surface area (Å²) in [5, 5.41) is 25.5.